The Morgan fingerprint density at radius 3 is 2.74 bits per heavy atom. The van der Waals surface area contributed by atoms with Crippen molar-refractivity contribution in [2.24, 2.45) is 0 Å². The highest BCUT2D eigenvalue weighted by atomic mass is 32.2. The van der Waals surface area contributed by atoms with Crippen molar-refractivity contribution in [3.63, 3.8) is 0 Å². The Morgan fingerprint density at radius 2 is 2.09 bits per heavy atom. The van der Waals surface area contributed by atoms with Gasteiger partial charge in [0.1, 0.15) is 4.32 Å². The average Bonchev–Trinajstić information content (AvgIpc) is 2.80. The Labute approximate surface area is 145 Å². The molecule has 0 unspecified atom stereocenters. The lowest BCUT2D eigenvalue weighted by Crippen LogP contribution is -2.31. The molecule has 0 radical (unpaired) electrons. The molecule has 0 spiro atoms. The Hall–Kier alpha value is -1.57. The molecule has 1 aromatic carbocycles. The van der Waals surface area contributed by atoms with Crippen LogP contribution in [0.15, 0.2) is 23.1 Å². The fourth-order valence-corrected chi connectivity index (χ4v) is 3.39. The summed E-state index contributed by atoms with van der Waals surface area (Å²) >= 11 is 6.56. The van der Waals surface area contributed by atoms with Crippen molar-refractivity contribution in [1.29, 1.82) is 0 Å². The minimum atomic E-state index is -0.0918. The predicted octanol–water partition coefficient (Wildman–Crippen LogP) is 2.94. The van der Waals surface area contributed by atoms with Crippen LogP contribution in [0.4, 0.5) is 0 Å². The molecular formula is C16H19NO4S2. The first-order valence-electron chi connectivity index (χ1n) is 7.15. The Morgan fingerprint density at radius 1 is 1.30 bits per heavy atom. The first kappa shape index (κ1) is 17.8. The normalized spacial score (nSPS) is 16.3. The third kappa shape index (κ3) is 4.25. The van der Waals surface area contributed by atoms with Crippen LogP contribution in [-0.4, -0.2) is 49.1 Å². The number of hydrogen-bond acceptors (Lipinski definition) is 6. The molecule has 1 heterocycles. The van der Waals surface area contributed by atoms with Crippen molar-refractivity contribution in [2.75, 3.05) is 34.0 Å². The second kappa shape index (κ2) is 8.33. The zero-order chi connectivity index (χ0) is 16.8. The summed E-state index contributed by atoms with van der Waals surface area (Å²) in [6.45, 7) is 3.37. The molecule has 7 heteroatoms. The predicted molar refractivity (Wildman–Crippen MR) is 95.9 cm³/mol. The number of nitrogens with zero attached hydrogens (tertiary/aromatic N) is 1. The molecule has 0 saturated carbocycles. The number of carbonyl (C=O) groups excluding carboxylic acids is 1. The van der Waals surface area contributed by atoms with Gasteiger partial charge in [-0.25, -0.2) is 0 Å². The highest BCUT2D eigenvalue weighted by Crippen LogP contribution is 2.34. The maximum Gasteiger partial charge on any atom is 0.266 e. The van der Waals surface area contributed by atoms with E-state index in [0.717, 1.165) is 5.56 Å². The standard InChI is InChI=1S/C16H19NO4S2/c1-4-21-13-9-11(5-6-12(13)20-3)10-14-15(18)17(7-8-19-2)16(22)23-14/h5-6,9-10H,4,7-8H2,1-3H3. The van der Waals surface area contributed by atoms with Crippen molar-refractivity contribution >= 4 is 40.3 Å². The van der Waals surface area contributed by atoms with E-state index in [1.807, 2.05) is 31.2 Å². The second-order valence-electron chi connectivity index (χ2n) is 4.67. The number of methoxy groups -OCH3 is 2. The van der Waals surface area contributed by atoms with Gasteiger partial charge in [0.25, 0.3) is 5.91 Å². The monoisotopic (exact) mass is 353 g/mol. The summed E-state index contributed by atoms with van der Waals surface area (Å²) in [6, 6.07) is 5.55. The third-order valence-corrected chi connectivity index (χ3v) is 4.56. The van der Waals surface area contributed by atoms with Gasteiger partial charge in [0.15, 0.2) is 11.5 Å². The molecule has 1 aromatic rings. The van der Waals surface area contributed by atoms with Crippen LogP contribution >= 0.6 is 24.0 Å². The van der Waals surface area contributed by atoms with E-state index in [4.69, 9.17) is 26.4 Å². The van der Waals surface area contributed by atoms with Crippen LogP contribution in [0.5, 0.6) is 11.5 Å². The maximum absolute atomic E-state index is 12.4. The van der Waals surface area contributed by atoms with Gasteiger partial charge in [0.2, 0.25) is 0 Å². The topological polar surface area (TPSA) is 48.0 Å². The molecule has 5 nitrogen and oxygen atoms in total. The Bertz CT molecular complexity index is 631. The summed E-state index contributed by atoms with van der Waals surface area (Å²) in [7, 11) is 3.19. The van der Waals surface area contributed by atoms with E-state index in [2.05, 4.69) is 0 Å². The van der Waals surface area contributed by atoms with Crippen LogP contribution in [-0.2, 0) is 9.53 Å². The summed E-state index contributed by atoms with van der Waals surface area (Å²) in [5, 5.41) is 0. The molecule has 0 bridgehead atoms. The van der Waals surface area contributed by atoms with Gasteiger partial charge >= 0.3 is 0 Å². The highest BCUT2D eigenvalue weighted by Gasteiger charge is 2.31. The fourth-order valence-electron chi connectivity index (χ4n) is 2.08. The number of benzene rings is 1. The van der Waals surface area contributed by atoms with Crippen LogP contribution in [0.2, 0.25) is 0 Å². The molecule has 1 saturated heterocycles. The average molecular weight is 353 g/mol. The molecule has 0 atom stereocenters. The van der Waals surface area contributed by atoms with Gasteiger partial charge < -0.3 is 14.2 Å². The smallest absolute Gasteiger partial charge is 0.266 e. The van der Waals surface area contributed by atoms with E-state index < -0.39 is 0 Å². The van der Waals surface area contributed by atoms with Crippen LogP contribution < -0.4 is 9.47 Å². The van der Waals surface area contributed by atoms with Crippen LogP contribution in [0.1, 0.15) is 12.5 Å². The molecule has 124 valence electrons. The zero-order valence-corrected chi connectivity index (χ0v) is 15.0. The Balaban J connectivity index is 2.23. The van der Waals surface area contributed by atoms with E-state index in [1.165, 1.54) is 11.8 Å². The molecular weight excluding hydrogens is 334 g/mol. The number of rotatable bonds is 7. The van der Waals surface area contributed by atoms with Gasteiger partial charge in [-0.3, -0.25) is 9.69 Å². The first-order chi connectivity index (χ1) is 11.1. The third-order valence-electron chi connectivity index (χ3n) is 3.18. The number of thioether (sulfide) groups is 1. The molecule has 0 aliphatic carbocycles. The molecule has 23 heavy (non-hydrogen) atoms. The van der Waals surface area contributed by atoms with Gasteiger partial charge in [0, 0.05) is 7.11 Å². The number of carbonyl (C=O) groups is 1. The maximum atomic E-state index is 12.4. The van der Waals surface area contributed by atoms with Crippen molar-refractivity contribution in [3.8, 4) is 11.5 Å². The quantitative estimate of drug-likeness (QED) is 0.555. The minimum Gasteiger partial charge on any atom is -0.493 e. The summed E-state index contributed by atoms with van der Waals surface area (Å²) in [5.74, 6) is 1.22. The fraction of sp³-hybridized carbons (Fsp3) is 0.375. The van der Waals surface area contributed by atoms with Gasteiger partial charge in [-0.15, -0.1) is 0 Å². The molecule has 1 aliphatic rings. The van der Waals surface area contributed by atoms with E-state index in [-0.39, 0.29) is 5.91 Å². The molecule has 1 aliphatic heterocycles. The van der Waals surface area contributed by atoms with Gasteiger partial charge in [-0.2, -0.15) is 0 Å². The molecule has 2 rings (SSSR count). The summed E-state index contributed by atoms with van der Waals surface area (Å²) < 4.78 is 16.4. The molecule has 1 fully saturated rings. The highest BCUT2D eigenvalue weighted by molar-refractivity contribution is 8.26. The van der Waals surface area contributed by atoms with Gasteiger partial charge in [0.05, 0.1) is 31.8 Å². The van der Waals surface area contributed by atoms with Gasteiger partial charge in [-0.05, 0) is 30.7 Å². The van der Waals surface area contributed by atoms with Gasteiger partial charge in [-0.1, -0.05) is 30.0 Å². The molecule has 0 aromatic heterocycles. The number of ether oxygens (including phenoxy) is 3. The number of amides is 1. The summed E-state index contributed by atoms with van der Waals surface area (Å²) in [5.41, 5.74) is 0.862. The van der Waals surface area contributed by atoms with Crippen LogP contribution in [0.3, 0.4) is 0 Å². The lowest BCUT2D eigenvalue weighted by atomic mass is 10.2. The lowest BCUT2D eigenvalue weighted by Gasteiger charge is -2.13. The SMILES string of the molecule is CCOc1cc(C=C2SC(=S)N(CCOC)C2=O)ccc1OC. The van der Waals surface area contributed by atoms with Crippen LogP contribution in [0, 0.1) is 0 Å². The van der Waals surface area contributed by atoms with Crippen molar-refractivity contribution in [3.05, 3.63) is 28.7 Å². The zero-order valence-electron chi connectivity index (χ0n) is 13.3. The van der Waals surface area contributed by atoms with E-state index >= 15 is 0 Å². The minimum absolute atomic E-state index is 0.0918. The van der Waals surface area contributed by atoms with Crippen LogP contribution in [0.25, 0.3) is 6.08 Å². The molecule has 1 amide bonds. The second-order valence-corrected chi connectivity index (χ2v) is 6.35. The number of thiocarbonyl (C=S) groups is 1. The largest absolute Gasteiger partial charge is 0.493 e. The van der Waals surface area contributed by atoms with E-state index in [1.54, 1.807) is 19.1 Å². The first-order valence-corrected chi connectivity index (χ1v) is 8.38. The van der Waals surface area contributed by atoms with E-state index in [9.17, 15) is 4.79 Å². The van der Waals surface area contributed by atoms with E-state index in [0.29, 0.717) is 40.5 Å². The Kier molecular flexibility index (Phi) is 6.44. The van der Waals surface area contributed by atoms with Crippen molar-refractivity contribution < 1.29 is 19.0 Å². The van der Waals surface area contributed by atoms with Crippen molar-refractivity contribution in [1.82, 2.24) is 4.90 Å². The van der Waals surface area contributed by atoms with Crippen molar-refractivity contribution in [2.45, 2.75) is 6.92 Å². The summed E-state index contributed by atoms with van der Waals surface area (Å²) in [6.07, 6.45) is 1.81. The number of hydrogen-bond donors (Lipinski definition) is 0. The summed E-state index contributed by atoms with van der Waals surface area (Å²) in [4.78, 5) is 14.6. The lowest BCUT2D eigenvalue weighted by molar-refractivity contribution is -0.122. The molecule has 0 N–H and O–H groups in total.